The van der Waals surface area contributed by atoms with Crippen LogP contribution in [0.25, 0.3) is 10.6 Å². The molecular formula is C18H20N2O5S. The fourth-order valence-corrected chi connectivity index (χ4v) is 3.68. The Morgan fingerprint density at radius 3 is 2.54 bits per heavy atom. The second kappa shape index (κ2) is 7.33. The number of aromatic nitrogens is 1. The molecule has 0 spiro atoms. The summed E-state index contributed by atoms with van der Waals surface area (Å²) in [4.78, 5) is 28.7. The van der Waals surface area contributed by atoms with Crippen molar-refractivity contribution < 1.29 is 24.2 Å². The van der Waals surface area contributed by atoms with Crippen LogP contribution in [-0.4, -0.2) is 42.2 Å². The van der Waals surface area contributed by atoms with Crippen LogP contribution >= 0.6 is 11.3 Å². The monoisotopic (exact) mass is 376 g/mol. The number of hydrogen-bond acceptors (Lipinski definition) is 6. The van der Waals surface area contributed by atoms with E-state index in [9.17, 15) is 14.7 Å². The van der Waals surface area contributed by atoms with Gasteiger partial charge in [-0.3, -0.25) is 4.79 Å². The van der Waals surface area contributed by atoms with Gasteiger partial charge in [0.15, 0.2) is 11.5 Å². The topological polar surface area (TPSA) is 97.8 Å². The molecule has 1 saturated carbocycles. The molecule has 7 nitrogen and oxygen atoms in total. The van der Waals surface area contributed by atoms with E-state index in [4.69, 9.17) is 9.47 Å². The number of aryl methyl sites for hydroxylation is 1. The largest absolute Gasteiger partial charge is 0.493 e. The lowest BCUT2D eigenvalue weighted by Gasteiger charge is -2.12. The normalized spacial score (nSPS) is 14.6. The van der Waals surface area contributed by atoms with E-state index in [-0.39, 0.29) is 5.92 Å². The zero-order valence-electron chi connectivity index (χ0n) is 14.7. The van der Waals surface area contributed by atoms with Crippen LogP contribution in [0.3, 0.4) is 0 Å². The smallest absolute Gasteiger partial charge is 0.326 e. The number of thiazole rings is 1. The molecule has 1 heterocycles. The number of rotatable bonds is 7. The number of carboxylic acids is 1. The maximum Gasteiger partial charge on any atom is 0.326 e. The van der Waals surface area contributed by atoms with Crippen molar-refractivity contribution in [3.63, 3.8) is 0 Å². The van der Waals surface area contributed by atoms with Crippen LogP contribution in [0, 0.1) is 12.8 Å². The van der Waals surface area contributed by atoms with Crippen LogP contribution in [0.1, 0.15) is 28.2 Å². The van der Waals surface area contributed by atoms with Gasteiger partial charge in [-0.1, -0.05) is 0 Å². The molecule has 2 N–H and O–H groups in total. The SMILES string of the molecule is COc1ccc(-c2nc(C)c(C(=O)NC(C(=O)O)C3CC3)s2)cc1OC. The second-order valence-corrected chi connectivity index (χ2v) is 7.13. The number of ether oxygens (including phenoxy) is 2. The molecule has 1 fully saturated rings. The number of benzene rings is 1. The van der Waals surface area contributed by atoms with E-state index in [0.29, 0.717) is 27.1 Å². The highest BCUT2D eigenvalue weighted by Gasteiger charge is 2.37. The average molecular weight is 376 g/mol. The van der Waals surface area contributed by atoms with Gasteiger partial charge in [0.1, 0.15) is 15.9 Å². The van der Waals surface area contributed by atoms with Crippen LogP contribution in [-0.2, 0) is 4.79 Å². The maximum atomic E-state index is 12.5. The van der Waals surface area contributed by atoms with Gasteiger partial charge in [0.05, 0.1) is 19.9 Å². The highest BCUT2D eigenvalue weighted by atomic mass is 32.1. The van der Waals surface area contributed by atoms with Crippen molar-refractivity contribution in [3.05, 3.63) is 28.8 Å². The standard InChI is InChI=1S/C18H20N2O5S/c1-9-15(16(21)20-14(18(22)23)10-4-5-10)26-17(19-9)11-6-7-12(24-2)13(8-11)25-3/h6-8,10,14H,4-5H2,1-3H3,(H,20,21)(H,22,23). The van der Waals surface area contributed by atoms with Crippen LogP contribution in [0.4, 0.5) is 0 Å². The number of carbonyl (C=O) groups excluding carboxylic acids is 1. The molecule has 0 saturated heterocycles. The van der Waals surface area contributed by atoms with Gasteiger partial charge >= 0.3 is 5.97 Å². The lowest BCUT2D eigenvalue weighted by molar-refractivity contribution is -0.139. The first-order valence-corrected chi connectivity index (χ1v) is 8.99. The zero-order valence-corrected chi connectivity index (χ0v) is 15.6. The summed E-state index contributed by atoms with van der Waals surface area (Å²) in [5.41, 5.74) is 1.36. The van der Waals surface area contributed by atoms with E-state index >= 15 is 0 Å². The summed E-state index contributed by atoms with van der Waals surface area (Å²) in [5, 5.41) is 12.6. The Morgan fingerprint density at radius 2 is 1.96 bits per heavy atom. The lowest BCUT2D eigenvalue weighted by Crippen LogP contribution is -2.42. The fraction of sp³-hybridized carbons (Fsp3) is 0.389. The van der Waals surface area contributed by atoms with Gasteiger partial charge in [-0.15, -0.1) is 11.3 Å². The average Bonchev–Trinajstić information content (AvgIpc) is 3.39. The van der Waals surface area contributed by atoms with Gasteiger partial charge in [-0.25, -0.2) is 9.78 Å². The molecule has 1 amide bonds. The summed E-state index contributed by atoms with van der Waals surface area (Å²) in [6, 6.07) is 4.57. The van der Waals surface area contributed by atoms with Crippen molar-refractivity contribution in [3.8, 4) is 22.1 Å². The predicted molar refractivity (Wildman–Crippen MR) is 97.0 cm³/mol. The number of nitrogens with one attached hydrogen (secondary N) is 1. The molecule has 3 rings (SSSR count). The van der Waals surface area contributed by atoms with Gasteiger partial charge in [0.25, 0.3) is 5.91 Å². The Kier molecular flexibility index (Phi) is 5.13. The molecule has 2 aromatic rings. The minimum Gasteiger partial charge on any atom is -0.493 e. The van der Waals surface area contributed by atoms with Crippen molar-refractivity contribution >= 4 is 23.2 Å². The molecule has 0 bridgehead atoms. The quantitative estimate of drug-likeness (QED) is 0.771. The summed E-state index contributed by atoms with van der Waals surface area (Å²) in [5.74, 6) is -0.191. The van der Waals surface area contributed by atoms with Gasteiger partial charge in [-0.05, 0) is 43.9 Å². The van der Waals surface area contributed by atoms with E-state index in [1.165, 1.54) is 11.3 Å². The Hall–Kier alpha value is -2.61. The summed E-state index contributed by atoms with van der Waals surface area (Å²) in [6.45, 7) is 1.74. The Balaban J connectivity index is 1.84. The third-order valence-electron chi connectivity index (χ3n) is 4.28. The minimum absolute atomic E-state index is 0.0231. The van der Waals surface area contributed by atoms with E-state index in [1.54, 1.807) is 33.3 Å². The highest BCUT2D eigenvalue weighted by molar-refractivity contribution is 7.17. The van der Waals surface area contributed by atoms with Gasteiger partial charge < -0.3 is 19.9 Å². The number of carbonyl (C=O) groups is 2. The Bertz CT molecular complexity index is 844. The number of methoxy groups -OCH3 is 2. The number of amides is 1. The number of aliphatic carboxylic acids is 1. The summed E-state index contributed by atoms with van der Waals surface area (Å²) in [7, 11) is 3.11. The molecule has 1 aliphatic carbocycles. The molecule has 0 radical (unpaired) electrons. The Morgan fingerprint density at radius 1 is 1.27 bits per heavy atom. The minimum atomic E-state index is -0.997. The van der Waals surface area contributed by atoms with Crippen LogP contribution in [0.5, 0.6) is 11.5 Å². The molecule has 1 aliphatic rings. The van der Waals surface area contributed by atoms with Crippen LogP contribution in [0.2, 0.25) is 0 Å². The van der Waals surface area contributed by atoms with E-state index in [0.717, 1.165) is 18.4 Å². The lowest BCUT2D eigenvalue weighted by atomic mass is 10.2. The third kappa shape index (κ3) is 3.65. The molecule has 26 heavy (non-hydrogen) atoms. The first kappa shape index (κ1) is 18.2. The molecule has 1 aromatic heterocycles. The number of hydrogen-bond donors (Lipinski definition) is 2. The summed E-state index contributed by atoms with van der Waals surface area (Å²) < 4.78 is 10.5. The predicted octanol–water partition coefficient (Wildman–Crippen LogP) is 2.73. The molecule has 1 aromatic carbocycles. The zero-order chi connectivity index (χ0) is 18.8. The third-order valence-corrected chi connectivity index (χ3v) is 5.48. The van der Waals surface area contributed by atoms with Crippen molar-refractivity contribution in [1.82, 2.24) is 10.3 Å². The van der Waals surface area contributed by atoms with Crippen molar-refractivity contribution in [2.45, 2.75) is 25.8 Å². The Labute approximate surface area is 155 Å². The van der Waals surface area contributed by atoms with E-state index in [1.807, 2.05) is 6.07 Å². The van der Waals surface area contributed by atoms with E-state index in [2.05, 4.69) is 10.3 Å². The van der Waals surface area contributed by atoms with Crippen LogP contribution < -0.4 is 14.8 Å². The number of nitrogens with zero attached hydrogens (tertiary/aromatic N) is 1. The summed E-state index contributed by atoms with van der Waals surface area (Å²) in [6.07, 6.45) is 1.66. The van der Waals surface area contributed by atoms with E-state index < -0.39 is 17.9 Å². The first-order chi connectivity index (χ1) is 12.4. The second-order valence-electron chi connectivity index (χ2n) is 6.13. The van der Waals surface area contributed by atoms with Crippen molar-refractivity contribution in [2.24, 2.45) is 5.92 Å². The van der Waals surface area contributed by atoms with Gasteiger partial charge in [-0.2, -0.15) is 0 Å². The first-order valence-electron chi connectivity index (χ1n) is 8.18. The fourth-order valence-electron chi connectivity index (χ4n) is 2.72. The van der Waals surface area contributed by atoms with Crippen molar-refractivity contribution in [2.75, 3.05) is 14.2 Å². The molecule has 1 unspecified atom stereocenters. The van der Waals surface area contributed by atoms with Gasteiger partial charge in [0.2, 0.25) is 0 Å². The molecule has 138 valence electrons. The molecular weight excluding hydrogens is 356 g/mol. The molecule has 8 heteroatoms. The van der Waals surface area contributed by atoms with Crippen LogP contribution in [0.15, 0.2) is 18.2 Å². The number of carboxylic acid groups (broad SMARTS) is 1. The molecule has 0 aliphatic heterocycles. The molecule has 1 atom stereocenters. The summed E-state index contributed by atoms with van der Waals surface area (Å²) >= 11 is 1.23. The van der Waals surface area contributed by atoms with Gasteiger partial charge in [0, 0.05) is 5.56 Å². The van der Waals surface area contributed by atoms with Crippen molar-refractivity contribution in [1.29, 1.82) is 0 Å². The highest BCUT2D eigenvalue weighted by Crippen LogP contribution is 2.36. The maximum absolute atomic E-state index is 12.5.